The first kappa shape index (κ1) is 20.4. The summed E-state index contributed by atoms with van der Waals surface area (Å²) in [6.07, 6.45) is 2.68. The van der Waals surface area contributed by atoms with Gasteiger partial charge in [-0.05, 0) is 45.2 Å². The quantitative estimate of drug-likeness (QED) is 0.841. The molecule has 6 nitrogen and oxygen atoms in total. The van der Waals surface area contributed by atoms with Crippen LogP contribution in [0.5, 0.6) is 0 Å². The summed E-state index contributed by atoms with van der Waals surface area (Å²) in [7, 11) is 1.72. The lowest BCUT2D eigenvalue weighted by molar-refractivity contribution is -0.133. The standard InChI is InChI=1S/C23H33N3O3/c1-17-12-18(2)14-19(13-17)20(27)26-8-5-22(6-9-26)15-25(10-11-29-3)16-23(22)4-7-24-21(23)28/h12-14H,4-11,15-16H2,1-3H3,(H,24,28)/t23-/m0/s1. The van der Waals surface area contributed by atoms with E-state index in [0.29, 0.717) is 6.61 Å². The first-order valence-electron chi connectivity index (χ1n) is 10.8. The van der Waals surface area contributed by atoms with Crippen LogP contribution in [-0.4, -0.2) is 74.6 Å². The minimum atomic E-state index is -0.310. The van der Waals surface area contributed by atoms with Crippen molar-refractivity contribution < 1.29 is 14.3 Å². The summed E-state index contributed by atoms with van der Waals surface area (Å²) < 4.78 is 5.28. The molecule has 3 saturated heterocycles. The Bertz CT molecular complexity index is 780. The van der Waals surface area contributed by atoms with Gasteiger partial charge in [0.25, 0.3) is 5.91 Å². The summed E-state index contributed by atoms with van der Waals surface area (Å²) >= 11 is 0. The predicted octanol–water partition coefficient (Wildman–Crippen LogP) is 1.99. The van der Waals surface area contributed by atoms with Crippen LogP contribution in [0.25, 0.3) is 0 Å². The van der Waals surface area contributed by atoms with E-state index >= 15 is 0 Å². The summed E-state index contributed by atoms with van der Waals surface area (Å²) in [6.45, 7) is 9.56. The zero-order chi connectivity index (χ0) is 20.6. The number of methoxy groups -OCH3 is 1. The SMILES string of the molecule is COCCN1CC2(CCN(C(=O)c3cc(C)cc(C)c3)CC2)[C@@]2(CCNC2=O)C1. The van der Waals surface area contributed by atoms with Gasteiger partial charge >= 0.3 is 0 Å². The smallest absolute Gasteiger partial charge is 0.253 e. The van der Waals surface area contributed by atoms with Gasteiger partial charge in [-0.15, -0.1) is 0 Å². The third kappa shape index (κ3) is 3.46. The van der Waals surface area contributed by atoms with Crippen molar-refractivity contribution in [2.24, 2.45) is 10.8 Å². The summed E-state index contributed by atoms with van der Waals surface area (Å²) in [5.41, 5.74) is 2.66. The number of hydrogen-bond acceptors (Lipinski definition) is 4. The van der Waals surface area contributed by atoms with Crippen LogP contribution >= 0.6 is 0 Å². The highest BCUT2D eigenvalue weighted by Gasteiger charge is 2.63. The molecule has 0 saturated carbocycles. The van der Waals surface area contributed by atoms with Crippen molar-refractivity contribution in [3.63, 3.8) is 0 Å². The van der Waals surface area contributed by atoms with E-state index in [-0.39, 0.29) is 22.6 Å². The van der Waals surface area contributed by atoms with Crippen LogP contribution in [0.2, 0.25) is 0 Å². The number of piperidine rings is 1. The van der Waals surface area contributed by atoms with Crippen LogP contribution in [-0.2, 0) is 9.53 Å². The molecule has 1 N–H and O–H groups in total. The molecular weight excluding hydrogens is 366 g/mol. The Morgan fingerprint density at radius 1 is 1.10 bits per heavy atom. The van der Waals surface area contributed by atoms with Gasteiger partial charge in [-0.25, -0.2) is 0 Å². The van der Waals surface area contributed by atoms with Crippen LogP contribution in [0.3, 0.4) is 0 Å². The number of amides is 2. The molecule has 3 aliphatic heterocycles. The molecule has 0 radical (unpaired) electrons. The van der Waals surface area contributed by atoms with Gasteiger partial charge in [-0.2, -0.15) is 0 Å². The summed E-state index contributed by atoms with van der Waals surface area (Å²) in [5.74, 6) is 0.331. The van der Waals surface area contributed by atoms with Gasteiger partial charge in [0.1, 0.15) is 0 Å². The Hall–Kier alpha value is -1.92. The van der Waals surface area contributed by atoms with E-state index in [2.05, 4.69) is 16.3 Å². The van der Waals surface area contributed by atoms with Crippen molar-refractivity contribution in [1.29, 1.82) is 0 Å². The van der Waals surface area contributed by atoms with Gasteiger partial charge in [-0.3, -0.25) is 14.5 Å². The molecule has 0 aliphatic carbocycles. The average molecular weight is 400 g/mol. The molecule has 0 bridgehead atoms. The number of fused-ring (bicyclic) bond motifs is 1. The first-order chi connectivity index (χ1) is 13.9. The monoisotopic (exact) mass is 399 g/mol. The fourth-order valence-corrected chi connectivity index (χ4v) is 5.95. The third-order valence-electron chi connectivity index (χ3n) is 7.39. The first-order valence-corrected chi connectivity index (χ1v) is 10.8. The molecule has 2 amide bonds. The molecule has 3 fully saturated rings. The lowest BCUT2D eigenvalue weighted by Gasteiger charge is -2.46. The molecule has 1 aromatic carbocycles. The van der Waals surface area contributed by atoms with Gasteiger partial charge in [-0.1, -0.05) is 17.2 Å². The van der Waals surface area contributed by atoms with E-state index in [9.17, 15) is 9.59 Å². The minimum absolute atomic E-state index is 0.0410. The lowest BCUT2D eigenvalue weighted by atomic mass is 9.60. The lowest BCUT2D eigenvalue weighted by Crippen LogP contribution is -2.53. The molecule has 1 atom stereocenters. The maximum atomic E-state index is 13.1. The zero-order valence-corrected chi connectivity index (χ0v) is 17.9. The van der Waals surface area contributed by atoms with Crippen molar-refractivity contribution in [3.8, 4) is 0 Å². The Kier molecular flexibility index (Phi) is 5.42. The van der Waals surface area contributed by atoms with Crippen molar-refractivity contribution in [1.82, 2.24) is 15.1 Å². The molecular formula is C23H33N3O3. The van der Waals surface area contributed by atoms with E-state index < -0.39 is 0 Å². The number of carbonyl (C=O) groups is 2. The zero-order valence-electron chi connectivity index (χ0n) is 17.9. The highest BCUT2D eigenvalue weighted by atomic mass is 16.5. The molecule has 0 unspecified atom stereocenters. The number of ether oxygens (including phenoxy) is 1. The Morgan fingerprint density at radius 2 is 1.79 bits per heavy atom. The highest BCUT2D eigenvalue weighted by molar-refractivity contribution is 5.94. The molecule has 29 heavy (non-hydrogen) atoms. The van der Waals surface area contributed by atoms with Gasteiger partial charge < -0.3 is 15.0 Å². The van der Waals surface area contributed by atoms with Crippen LogP contribution in [0.4, 0.5) is 0 Å². The molecule has 2 spiro atoms. The maximum absolute atomic E-state index is 13.1. The Balaban J connectivity index is 1.51. The second-order valence-corrected chi connectivity index (χ2v) is 9.24. The van der Waals surface area contributed by atoms with Gasteiger partial charge in [0.2, 0.25) is 5.91 Å². The van der Waals surface area contributed by atoms with Crippen LogP contribution in [0.15, 0.2) is 18.2 Å². The molecule has 3 aliphatic rings. The number of benzene rings is 1. The third-order valence-corrected chi connectivity index (χ3v) is 7.39. The van der Waals surface area contributed by atoms with Crippen molar-refractivity contribution in [2.45, 2.75) is 33.1 Å². The molecule has 0 aromatic heterocycles. The number of aryl methyl sites for hydroxylation is 2. The number of rotatable bonds is 4. The second kappa shape index (κ2) is 7.73. The van der Waals surface area contributed by atoms with E-state index in [1.807, 2.05) is 30.9 Å². The number of carbonyl (C=O) groups excluding carboxylic acids is 2. The van der Waals surface area contributed by atoms with Gasteiger partial charge in [0.15, 0.2) is 0 Å². The fraction of sp³-hybridized carbons (Fsp3) is 0.652. The van der Waals surface area contributed by atoms with E-state index in [4.69, 9.17) is 4.74 Å². The fourth-order valence-electron chi connectivity index (χ4n) is 5.95. The number of nitrogens with zero attached hydrogens (tertiary/aromatic N) is 2. The van der Waals surface area contributed by atoms with Crippen LogP contribution in [0.1, 0.15) is 40.7 Å². The molecule has 158 valence electrons. The Morgan fingerprint density at radius 3 is 2.38 bits per heavy atom. The normalized spacial score (nSPS) is 26.4. The number of nitrogens with one attached hydrogen (secondary N) is 1. The van der Waals surface area contributed by atoms with Gasteiger partial charge in [0.05, 0.1) is 12.0 Å². The highest BCUT2D eigenvalue weighted by Crippen LogP contribution is 2.56. The number of likely N-dealkylation sites (tertiary alicyclic amines) is 2. The topological polar surface area (TPSA) is 61.9 Å². The predicted molar refractivity (Wildman–Crippen MR) is 112 cm³/mol. The maximum Gasteiger partial charge on any atom is 0.253 e. The summed E-state index contributed by atoms with van der Waals surface area (Å²) in [4.78, 5) is 30.4. The molecule has 4 rings (SSSR count). The summed E-state index contributed by atoms with van der Waals surface area (Å²) in [5, 5.41) is 3.10. The molecule has 1 aromatic rings. The Labute approximate surface area is 173 Å². The van der Waals surface area contributed by atoms with E-state index in [1.165, 1.54) is 0 Å². The summed E-state index contributed by atoms with van der Waals surface area (Å²) in [6, 6.07) is 6.05. The molecule has 6 heteroatoms. The second-order valence-electron chi connectivity index (χ2n) is 9.24. The van der Waals surface area contributed by atoms with Crippen molar-refractivity contribution in [2.75, 3.05) is 53.0 Å². The largest absolute Gasteiger partial charge is 0.383 e. The van der Waals surface area contributed by atoms with Crippen LogP contribution in [0, 0.1) is 24.7 Å². The van der Waals surface area contributed by atoms with Crippen molar-refractivity contribution >= 4 is 11.8 Å². The number of hydrogen-bond donors (Lipinski definition) is 1. The van der Waals surface area contributed by atoms with Gasteiger partial charge in [0, 0.05) is 57.4 Å². The van der Waals surface area contributed by atoms with E-state index in [1.54, 1.807) is 7.11 Å². The minimum Gasteiger partial charge on any atom is -0.383 e. The van der Waals surface area contributed by atoms with Crippen molar-refractivity contribution in [3.05, 3.63) is 34.9 Å². The average Bonchev–Trinajstić information content (AvgIpc) is 3.21. The van der Waals surface area contributed by atoms with E-state index in [0.717, 1.165) is 75.2 Å². The molecule has 3 heterocycles. The van der Waals surface area contributed by atoms with Crippen LogP contribution < -0.4 is 5.32 Å².